The number of hydrogen-bond acceptors (Lipinski definition) is 5. The number of unbranched alkanes of at least 4 members (excludes halogenated alkanes) is 9. The van der Waals surface area contributed by atoms with Gasteiger partial charge in [-0.2, -0.15) is 4.98 Å². The zero-order valence-electron chi connectivity index (χ0n) is 15.4. The third kappa shape index (κ3) is 7.54. The van der Waals surface area contributed by atoms with Crippen molar-refractivity contribution in [3.63, 3.8) is 0 Å². The molecule has 2 aromatic heterocycles. The summed E-state index contributed by atoms with van der Waals surface area (Å²) < 4.78 is 0. The number of aromatic amines is 1. The van der Waals surface area contributed by atoms with Crippen LogP contribution in [0.3, 0.4) is 0 Å². The van der Waals surface area contributed by atoms with E-state index in [1.165, 1.54) is 64.2 Å². The molecule has 0 unspecified atom stereocenters. The van der Waals surface area contributed by atoms with Crippen LogP contribution < -0.4 is 11.1 Å². The molecule has 0 aromatic carbocycles. The predicted octanol–water partition coefficient (Wildman–Crippen LogP) is 4.78. The number of anilines is 2. The van der Waals surface area contributed by atoms with Crippen LogP contribution in [0.2, 0.25) is 0 Å². The molecule has 0 amide bonds. The lowest BCUT2D eigenvalue weighted by Crippen LogP contribution is -2.03. The first kappa shape index (κ1) is 19.2. The number of H-pyrrole nitrogens is 1. The molecule has 6 nitrogen and oxygen atoms in total. The number of nitrogen functional groups attached to an aromatic ring is 1. The van der Waals surface area contributed by atoms with Crippen molar-refractivity contribution in [2.45, 2.75) is 71.1 Å². The minimum absolute atomic E-state index is 0.256. The maximum Gasteiger partial charge on any atom is 0.239 e. The predicted molar refractivity (Wildman–Crippen MR) is 104 cm³/mol. The Morgan fingerprint density at radius 2 is 1.68 bits per heavy atom. The van der Waals surface area contributed by atoms with Crippen molar-refractivity contribution in [2.75, 3.05) is 17.6 Å². The van der Waals surface area contributed by atoms with Gasteiger partial charge in [0.2, 0.25) is 5.95 Å². The van der Waals surface area contributed by atoms with E-state index in [9.17, 15) is 0 Å². The fourth-order valence-electron chi connectivity index (χ4n) is 2.91. The molecule has 0 saturated heterocycles. The summed E-state index contributed by atoms with van der Waals surface area (Å²) in [6, 6.07) is 3.86. The molecule has 0 saturated carbocycles. The lowest BCUT2D eigenvalue weighted by Gasteiger charge is -2.06. The van der Waals surface area contributed by atoms with Gasteiger partial charge in [0.25, 0.3) is 0 Å². The van der Waals surface area contributed by atoms with Crippen LogP contribution in [0.5, 0.6) is 0 Å². The molecule has 6 heteroatoms. The Balaban J connectivity index is 1.55. The van der Waals surface area contributed by atoms with Gasteiger partial charge in [-0.1, -0.05) is 64.7 Å². The van der Waals surface area contributed by atoms with E-state index in [-0.39, 0.29) is 5.95 Å². The lowest BCUT2D eigenvalue weighted by molar-refractivity contribution is 0.560. The Kier molecular flexibility index (Phi) is 8.80. The molecule has 0 spiro atoms. The number of nitrogens with one attached hydrogen (secondary N) is 2. The summed E-state index contributed by atoms with van der Waals surface area (Å²) in [6.07, 6.45) is 15.3. The second kappa shape index (κ2) is 11.4. The first-order valence-corrected chi connectivity index (χ1v) is 9.67. The average Bonchev–Trinajstić information content (AvgIpc) is 3.06. The monoisotopic (exact) mass is 344 g/mol. The van der Waals surface area contributed by atoms with Crippen molar-refractivity contribution >= 4 is 11.8 Å². The van der Waals surface area contributed by atoms with E-state index >= 15 is 0 Å². The van der Waals surface area contributed by atoms with Crippen molar-refractivity contribution < 1.29 is 0 Å². The highest BCUT2D eigenvalue weighted by Gasteiger charge is 2.04. The minimum Gasteiger partial charge on any atom is -0.370 e. The molecule has 0 fully saturated rings. The molecule has 2 heterocycles. The summed E-state index contributed by atoms with van der Waals surface area (Å²) in [6.45, 7) is 3.22. The maximum absolute atomic E-state index is 5.55. The fourth-order valence-corrected chi connectivity index (χ4v) is 2.91. The highest BCUT2D eigenvalue weighted by molar-refractivity contribution is 5.59. The van der Waals surface area contributed by atoms with E-state index in [1.807, 2.05) is 12.1 Å². The highest BCUT2D eigenvalue weighted by atomic mass is 15.3. The quantitative estimate of drug-likeness (QED) is 0.455. The highest BCUT2D eigenvalue weighted by Crippen LogP contribution is 2.17. The second-order valence-electron chi connectivity index (χ2n) is 6.58. The van der Waals surface area contributed by atoms with Gasteiger partial charge in [-0.3, -0.25) is 5.10 Å². The van der Waals surface area contributed by atoms with Gasteiger partial charge >= 0.3 is 0 Å². The molecule has 0 atom stereocenters. The molecule has 0 aliphatic heterocycles. The Morgan fingerprint density at radius 3 is 2.32 bits per heavy atom. The summed E-state index contributed by atoms with van der Waals surface area (Å²) in [5.41, 5.74) is 6.48. The topological polar surface area (TPSA) is 92.5 Å². The number of hydrogen-bond donors (Lipinski definition) is 3. The van der Waals surface area contributed by atoms with Gasteiger partial charge in [0, 0.05) is 18.3 Å². The van der Waals surface area contributed by atoms with E-state index in [0.29, 0.717) is 5.82 Å². The molecule has 0 bridgehead atoms. The van der Waals surface area contributed by atoms with E-state index in [4.69, 9.17) is 5.73 Å². The third-order valence-corrected chi connectivity index (χ3v) is 4.37. The number of nitrogens with two attached hydrogens (primary N) is 1. The maximum atomic E-state index is 5.55. The van der Waals surface area contributed by atoms with Crippen molar-refractivity contribution in [3.05, 3.63) is 18.3 Å². The zero-order valence-corrected chi connectivity index (χ0v) is 15.4. The molecule has 4 N–H and O–H groups in total. The molecule has 0 radical (unpaired) electrons. The van der Waals surface area contributed by atoms with Gasteiger partial charge in [0.15, 0.2) is 5.82 Å². The summed E-state index contributed by atoms with van der Waals surface area (Å²) in [7, 11) is 0. The van der Waals surface area contributed by atoms with Crippen molar-refractivity contribution in [1.82, 2.24) is 20.2 Å². The Hall–Kier alpha value is -2.11. The van der Waals surface area contributed by atoms with Crippen molar-refractivity contribution in [2.24, 2.45) is 0 Å². The van der Waals surface area contributed by atoms with Crippen molar-refractivity contribution in [3.8, 4) is 11.4 Å². The van der Waals surface area contributed by atoms with Crippen LogP contribution in [0.4, 0.5) is 11.8 Å². The molecular formula is C19H32N6. The molecule has 0 aliphatic rings. The molecule has 0 aliphatic carbocycles. The Labute approximate surface area is 151 Å². The van der Waals surface area contributed by atoms with Gasteiger partial charge in [0.1, 0.15) is 5.82 Å². The minimum atomic E-state index is 0.256. The molecule has 2 aromatic rings. The summed E-state index contributed by atoms with van der Waals surface area (Å²) in [5.74, 6) is 1.79. The average molecular weight is 345 g/mol. The molecule has 138 valence electrons. The fraction of sp³-hybridized carbons (Fsp3) is 0.632. The van der Waals surface area contributed by atoms with Gasteiger partial charge in [-0.25, -0.2) is 4.98 Å². The van der Waals surface area contributed by atoms with Crippen LogP contribution in [-0.4, -0.2) is 26.7 Å². The van der Waals surface area contributed by atoms with Crippen molar-refractivity contribution in [1.29, 1.82) is 0 Å². The van der Waals surface area contributed by atoms with E-state index in [0.717, 1.165) is 17.9 Å². The molecule has 25 heavy (non-hydrogen) atoms. The standard InChI is InChI=1S/C19H32N6/c1-2-3-4-5-6-7-8-9-10-11-13-21-17-15-16(12-14-22-17)18-23-19(20)25-24-18/h12,14-15H,2-11,13H2,1H3,(H,21,22)(H3,20,23,24,25). The van der Waals surface area contributed by atoms with E-state index in [2.05, 4.69) is 32.4 Å². The van der Waals surface area contributed by atoms with Gasteiger partial charge in [0.05, 0.1) is 0 Å². The SMILES string of the molecule is CCCCCCCCCCCCNc1cc(-c2nc(N)n[nH]2)ccn1. The summed E-state index contributed by atoms with van der Waals surface area (Å²) >= 11 is 0. The van der Waals surface area contributed by atoms with E-state index < -0.39 is 0 Å². The summed E-state index contributed by atoms with van der Waals surface area (Å²) in [5, 5.41) is 10.1. The number of rotatable bonds is 13. The smallest absolute Gasteiger partial charge is 0.239 e. The molecule has 2 rings (SSSR count). The van der Waals surface area contributed by atoms with Crippen LogP contribution in [0.25, 0.3) is 11.4 Å². The molecular weight excluding hydrogens is 312 g/mol. The zero-order chi connectivity index (χ0) is 17.7. The Morgan fingerprint density at radius 1 is 1.00 bits per heavy atom. The van der Waals surface area contributed by atoms with Crippen LogP contribution in [0, 0.1) is 0 Å². The first-order chi connectivity index (χ1) is 12.3. The third-order valence-electron chi connectivity index (χ3n) is 4.37. The van der Waals surface area contributed by atoms with Crippen LogP contribution in [0.1, 0.15) is 71.1 Å². The lowest BCUT2D eigenvalue weighted by atomic mass is 10.1. The van der Waals surface area contributed by atoms with Gasteiger partial charge < -0.3 is 11.1 Å². The first-order valence-electron chi connectivity index (χ1n) is 9.67. The number of nitrogens with zero attached hydrogens (tertiary/aromatic N) is 3. The largest absolute Gasteiger partial charge is 0.370 e. The Bertz CT molecular complexity index is 595. The number of pyridine rings is 1. The number of aromatic nitrogens is 4. The second-order valence-corrected chi connectivity index (χ2v) is 6.58. The van der Waals surface area contributed by atoms with Crippen LogP contribution in [-0.2, 0) is 0 Å². The van der Waals surface area contributed by atoms with Gasteiger partial charge in [-0.05, 0) is 18.6 Å². The van der Waals surface area contributed by atoms with Crippen LogP contribution >= 0.6 is 0 Å². The van der Waals surface area contributed by atoms with E-state index in [1.54, 1.807) is 6.20 Å². The van der Waals surface area contributed by atoms with Gasteiger partial charge in [-0.15, -0.1) is 5.10 Å². The summed E-state index contributed by atoms with van der Waals surface area (Å²) in [4.78, 5) is 8.49. The van der Waals surface area contributed by atoms with Crippen LogP contribution in [0.15, 0.2) is 18.3 Å². The normalized spacial score (nSPS) is 10.9.